The molecule has 0 aliphatic carbocycles. The molecule has 0 radical (unpaired) electrons. The van der Waals surface area contributed by atoms with Gasteiger partial charge >= 0.3 is 0 Å². The van der Waals surface area contributed by atoms with Crippen LogP contribution in [0.2, 0.25) is 0 Å². The van der Waals surface area contributed by atoms with E-state index in [2.05, 4.69) is 17.0 Å². The number of carbonyl (C=O) groups excluding carboxylic acids is 2. The largest absolute Gasteiger partial charge is 0.375 e. The van der Waals surface area contributed by atoms with Gasteiger partial charge in [-0.25, -0.2) is 0 Å². The van der Waals surface area contributed by atoms with Crippen molar-refractivity contribution in [2.75, 3.05) is 32.1 Å². The van der Waals surface area contributed by atoms with E-state index in [1.54, 1.807) is 13.1 Å². The zero-order valence-corrected chi connectivity index (χ0v) is 13.7. The highest BCUT2D eigenvalue weighted by molar-refractivity contribution is 5.92. The van der Waals surface area contributed by atoms with E-state index < -0.39 is 0 Å². The number of methoxy groups -OCH3 is 1. The van der Waals surface area contributed by atoms with E-state index in [-0.39, 0.29) is 18.4 Å². The SMILES string of the molecule is C=C(C)C(=O)N1CCC(Cn2cc(NC(=O)COC)cn2)CC1. The lowest BCUT2D eigenvalue weighted by Crippen LogP contribution is -2.39. The molecule has 0 saturated carbocycles. The molecule has 7 heteroatoms. The molecule has 2 heterocycles. The van der Waals surface area contributed by atoms with Crippen LogP contribution in [-0.2, 0) is 20.9 Å². The van der Waals surface area contributed by atoms with Gasteiger partial charge in [-0.1, -0.05) is 6.58 Å². The van der Waals surface area contributed by atoms with Crippen LogP contribution in [0, 0.1) is 5.92 Å². The number of hydrogen-bond acceptors (Lipinski definition) is 4. The van der Waals surface area contributed by atoms with Crippen LogP contribution in [0.25, 0.3) is 0 Å². The normalized spacial score (nSPS) is 15.5. The fourth-order valence-corrected chi connectivity index (χ4v) is 2.71. The quantitative estimate of drug-likeness (QED) is 0.801. The average Bonchev–Trinajstić information content (AvgIpc) is 2.94. The first-order valence-electron chi connectivity index (χ1n) is 7.75. The van der Waals surface area contributed by atoms with Crippen molar-refractivity contribution in [3.63, 3.8) is 0 Å². The number of anilines is 1. The molecule has 0 aromatic carbocycles. The number of nitrogens with one attached hydrogen (secondary N) is 1. The van der Waals surface area contributed by atoms with Crippen molar-refractivity contribution in [1.82, 2.24) is 14.7 Å². The van der Waals surface area contributed by atoms with Gasteiger partial charge in [-0.2, -0.15) is 5.10 Å². The lowest BCUT2D eigenvalue weighted by Gasteiger charge is -2.32. The fourth-order valence-electron chi connectivity index (χ4n) is 2.71. The third kappa shape index (κ3) is 4.92. The third-order valence-corrected chi connectivity index (χ3v) is 3.90. The van der Waals surface area contributed by atoms with Gasteiger partial charge in [0.05, 0.1) is 11.9 Å². The van der Waals surface area contributed by atoms with Crippen LogP contribution in [0.15, 0.2) is 24.5 Å². The number of hydrogen-bond donors (Lipinski definition) is 1. The summed E-state index contributed by atoms with van der Waals surface area (Å²) in [5, 5.41) is 7.00. The Hall–Kier alpha value is -2.15. The first kappa shape index (κ1) is 17.2. The van der Waals surface area contributed by atoms with Crippen molar-refractivity contribution in [2.24, 2.45) is 5.92 Å². The van der Waals surface area contributed by atoms with Crippen LogP contribution >= 0.6 is 0 Å². The molecule has 2 amide bonds. The van der Waals surface area contributed by atoms with Gasteiger partial charge < -0.3 is 15.0 Å². The summed E-state index contributed by atoms with van der Waals surface area (Å²) in [6.45, 7) is 7.79. The van der Waals surface area contributed by atoms with Crippen LogP contribution in [0.5, 0.6) is 0 Å². The Morgan fingerprint density at radius 2 is 2.13 bits per heavy atom. The Labute approximate surface area is 136 Å². The van der Waals surface area contributed by atoms with E-state index in [0.29, 0.717) is 17.2 Å². The van der Waals surface area contributed by atoms with Crippen molar-refractivity contribution in [3.05, 3.63) is 24.5 Å². The Morgan fingerprint density at radius 1 is 1.43 bits per heavy atom. The summed E-state index contributed by atoms with van der Waals surface area (Å²) in [7, 11) is 1.48. The first-order valence-corrected chi connectivity index (χ1v) is 7.75. The van der Waals surface area contributed by atoms with Crippen molar-refractivity contribution in [1.29, 1.82) is 0 Å². The van der Waals surface area contributed by atoms with E-state index in [9.17, 15) is 9.59 Å². The maximum absolute atomic E-state index is 11.9. The zero-order valence-electron chi connectivity index (χ0n) is 13.7. The summed E-state index contributed by atoms with van der Waals surface area (Å²) in [5.74, 6) is 0.330. The summed E-state index contributed by atoms with van der Waals surface area (Å²) in [6.07, 6.45) is 5.35. The zero-order chi connectivity index (χ0) is 16.8. The number of likely N-dealkylation sites (tertiary alicyclic amines) is 1. The molecule has 2 rings (SSSR count). The molecular weight excluding hydrogens is 296 g/mol. The molecule has 1 fully saturated rings. The molecule has 1 saturated heterocycles. The molecule has 1 aliphatic heterocycles. The minimum atomic E-state index is -0.196. The number of ether oxygens (including phenoxy) is 1. The second kappa shape index (κ2) is 7.92. The predicted molar refractivity (Wildman–Crippen MR) is 86.9 cm³/mol. The smallest absolute Gasteiger partial charge is 0.250 e. The summed E-state index contributed by atoms with van der Waals surface area (Å²) in [4.78, 5) is 25.2. The van der Waals surface area contributed by atoms with Gasteiger partial charge in [-0.05, 0) is 25.7 Å². The molecule has 7 nitrogen and oxygen atoms in total. The number of piperidine rings is 1. The monoisotopic (exact) mass is 320 g/mol. The Morgan fingerprint density at radius 3 is 2.74 bits per heavy atom. The fraction of sp³-hybridized carbons (Fsp3) is 0.562. The average molecular weight is 320 g/mol. The van der Waals surface area contributed by atoms with Gasteiger partial charge in [0.25, 0.3) is 0 Å². The molecule has 0 atom stereocenters. The number of rotatable bonds is 6. The summed E-state index contributed by atoms with van der Waals surface area (Å²) in [6, 6.07) is 0. The maximum atomic E-state index is 11.9. The van der Waals surface area contributed by atoms with Crippen molar-refractivity contribution in [2.45, 2.75) is 26.3 Å². The molecule has 1 aromatic rings. The van der Waals surface area contributed by atoms with Gasteiger partial charge in [0, 0.05) is 38.5 Å². The number of amides is 2. The minimum absolute atomic E-state index is 0.0282. The van der Waals surface area contributed by atoms with E-state index in [0.717, 1.165) is 32.5 Å². The molecular formula is C16H24N4O3. The van der Waals surface area contributed by atoms with Crippen LogP contribution < -0.4 is 5.32 Å². The lowest BCUT2D eigenvalue weighted by atomic mass is 9.96. The van der Waals surface area contributed by atoms with E-state index >= 15 is 0 Å². The number of nitrogens with zero attached hydrogens (tertiary/aromatic N) is 3. The molecule has 1 aliphatic rings. The summed E-state index contributed by atoms with van der Waals surface area (Å²) >= 11 is 0. The second-order valence-corrected chi connectivity index (χ2v) is 5.95. The Balaban J connectivity index is 1.80. The van der Waals surface area contributed by atoms with Gasteiger partial charge in [-0.15, -0.1) is 0 Å². The Bertz CT molecular complexity index is 574. The number of aromatic nitrogens is 2. The van der Waals surface area contributed by atoms with Crippen LogP contribution in [0.4, 0.5) is 5.69 Å². The third-order valence-electron chi connectivity index (χ3n) is 3.90. The van der Waals surface area contributed by atoms with Crippen LogP contribution in [0.3, 0.4) is 0 Å². The lowest BCUT2D eigenvalue weighted by molar-refractivity contribution is -0.128. The summed E-state index contributed by atoms with van der Waals surface area (Å²) in [5.41, 5.74) is 1.26. The first-order chi connectivity index (χ1) is 11.0. The molecule has 1 aromatic heterocycles. The molecule has 0 spiro atoms. The van der Waals surface area contributed by atoms with E-state index in [1.807, 2.05) is 15.8 Å². The highest BCUT2D eigenvalue weighted by atomic mass is 16.5. The van der Waals surface area contributed by atoms with E-state index in [4.69, 9.17) is 4.74 Å². The highest BCUT2D eigenvalue weighted by Gasteiger charge is 2.23. The van der Waals surface area contributed by atoms with Gasteiger partial charge in [-0.3, -0.25) is 14.3 Å². The van der Waals surface area contributed by atoms with Crippen LogP contribution in [-0.4, -0.2) is 53.3 Å². The van der Waals surface area contributed by atoms with Gasteiger partial charge in [0.2, 0.25) is 11.8 Å². The topological polar surface area (TPSA) is 76.5 Å². The van der Waals surface area contributed by atoms with Crippen molar-refractivity contribution < 1.29 is 14.3 Å². The Kier molecular flexibility index (Phi) is 5.92. The summed E-state index contributed by atoms with van der Waals surface area (Å²) < 4.78 is 6.61. The standard InChI is InChI=1S/C16H24N4O3/c1-12(2)16(22)19-6-4-13(5-7-19)9-20-10-14(8-17-20)18-15(21)11-23-3/h8,10,13H,1,4-7,9,11H2,2-3H3,(H,18,21). The predicted octanol–water partition coefficient (Wildman–Crippen LogP) is 1.28. The van der Waals surface area contributed by atoms with Crippen LogP contribution in [0.1, 0.15) is 19.8 Å². The van der Waals surface area contributed by atoms with Crippen molar-refractivity contribution in [3.8, 4) is 0 Å². The van der Waals surface area contributed by atoms with E-state index in [1.165, 1.54) is 7.11 Å². The minimum Gasteiger partial charge on any atom is -0.375 e. The number of carbonyl (C=O) groups is 2. The maximum Gasteiger partial charge on any atom is 0.250 e. The van der Waals surface area contributed by atoms with Crippen molar-refractivity contribution >= 4 is 17.5 Å². The molecule has 1 N–H and O–H groups in total. The van der Waals surface area contributed by atoms with Gasteiger partial charge in [0.1, 0.15) is 6.61 Å². The molecule has 0 bridgehead atoms. The molecule has 23 heavy (non-hydrogen) atoms. The second-order valence-electron chi connectivity index (χ2n) is 5.95. The van der Waals surface area contributed by atoms with Gasteiger partial charge in [0.15, 0.2) is 0 Å². The molecule has 126 valence electrons. The molecule has 0 unspecified atom stereocenters. The highest BCUT2D eigenvalue weighted by Crippen LogP contribution is 2.20.